The molecule has 0 aliphatic heterocycles. The zero-order valence-corrected chi connectivity index (χ0v) is 11.2. The van der Waals surface area contributed by atoms with Crippen LogP contribution in [0, 0.1) is 11.3 Å². The summed E-state index contributed by atoms with van der Waals surface area (Å²) in [6, 6.07) is 9.31. The van der Waals surface area contributed by atoms with Crippen LogP contribution in [0.15, 0.2) is 24.3 Å². The van der Waals surface area contributed by atoms with Gasteiger partial charge in [-0.3, -0.25) is 5.32 Å². The summed E-state index contributed by atoms with van der Waals surface area (Å²) in [6.45, 7) is 7.26. The van der Waals surface area contributed by atoms with Crippen LogP contribution in [0.1, 0.15) is 39.2 Å². The van der Waals surface area contributed by atoms with E-state index >= 15 is 0 Å². The highest BCUT2D eigenvalue weighted by Gasteiger charge is 2.16. The molecule has 0 heterocycles. The van der Waals surface area contributed by atoms with E-state index in [1.165, 1.54) is 0 Å². The smallest absolute Gasteiger partial charge is 0.412 e. The Kier molecular flexibility index (Phi) is 4.33. The molecule has 0 aliphatic rings. The van der Waals surface area contributed by atoms with Crippen molar-refractivity contribution in [2.24, 2.45) is 0 Å². The van der Waals surface area contributed by atoms with E-state index in [0.29, 0.717) is 5.69 Å². The van der Waals surface area contributed by atoms with Crippen molar-refractivity contribution in [3.05, 3.63) is 29.8 Å². The summed E-state index contributed by atoms with van der Waals surface area (Å²) in [4.78, 5) is 11.5. The second kappa shape index (κ2) is 5.54. The lowest BCUT2D eigenvalue weighted by atomic mass is 10.0. The lowest BCUT2D eigenvalue weighted by molar-refractivity contribution is 0.0636. The van der Waals surface area contributed by atoms with E-state index in [0.717, 1.165) is 5.56 Å². The van der Waals surface area contributed by atoms with Crippen LogP contribution in [-0.2, 0) is 4.74 Å². The van der Waals surface area contributed by atoms with Gasteiger partial charge in [0.15, 0.2) is 0 Å². The molecule has 1 N–H and O–H groups in total. The van der Waals surface area contributed by atoms with Gasteiger partial charge >= 0.3 is 6.09 Å². The maximum Gasteiger partial charge on any atom is 0.412 e. The molecule has 18 heavy (non-hydrogen) atoms. The van der Waals surface area contributed by atoms with Gasteiger partial charge in [-0.05, 0) is 45.4 Å². The van der Waals surface area contributed by atoms with Gasteiger partial charge in [-0.15, -0.1) is 0 Å². The molecule has 0 unspecified atom stereocenters. The molecular weight excluding hydrogens is 228 g/mol. The van der Waals surface area contributed by atoms with Gasteiger partial charge in [0, 0.05) is 5.69 Å². The number of hydrogen-bond acceptors (Lipinski definition) is 3. The monoisotopic (exact) mass is 246 g/mol. The minimum Gasteiger partial charge on any atom is -0.444 e. The summed E-state index contributed by atoms with van der Waals surface area (Å²) in [6.07, 6.45) is -0.483. The minimum atomic E-state index is -0.515. The fourth-order valence-corrected chi connectivity index (χ4v) is 1.35. The molecule has 0 spiro atoms. The van der Waals surface area contributed by atoms with Gasteiger partial charge in [-0.1, -0.05) is 12.1 Å². The average molecular weight is 246 g/mol. The van der Waals surface area contributed by atoms with E-state index in [-0.39, 0.29) is 5.92 Å². The SMILES string of the molecule is C[C@@H](C#N)c1ccc(NC(=O)OC(C)(C)C)cc1. The molecule has 0 radical (unpaired) electrons. The number of nitriles is 1. The number of rotatable bonds is 2. The number of ether oxygens (including phenoxy) is 1. The lowest BCUT2D eigenvalue weighted by Gasteiger charge is -2.19. The minimum absolute atomic E-state index is 0.152. The van der Waals surface area contributed by atoms with Crippen molar-refractivity contribution in [3.8, 4) is 6.07 Å². The first-order chi connectivity index (χ1) is 8.31. The number of carbonyl (C=O) groups excluding carboxylic acids is 1. The number of nitrogens with one attached hydrogen (secondary N) is 1. The normalized spacial score (nSPS) is 12.4. The van der Waals surface area contributed by atoms with Gasteiger partial charge in [0.05, 0.1) is 12.0 Å². The van der Waals surface area contributed by atoms with Crippen LogP contribution in [0.2, 0.25) is 0 Å². The maximum atomic E-state index is 11.5. The molecule has 1 aromatic carbocycles. The zero-order chi connectivity index (χ0) is 13.8. The highest BCUT2D eigenvalue weighted by Crippen LogP contribution is 2.18. The lowest BCUT2D eigenvalue weighted by Crippen LogP contribution is -2.27. The highest BCUT2D eigenvalue weighted by molar-refractivity contribution is 5.84. The molecule has 0 fully saturated rings. The number of benzene rings is 1. The Morgan fingerprint density at radius 3 is 2.33 bits per heavy atom. The molecule has 1 aromatic rings. The first-order valence-electron chi connectivity index (χ1n) is 5.81. The molecule has 4 heteroatoms. The van der Waals surface area contributed by atoms with Gasteiger partial charge in [0.2, 0.25) is 0 Å². The Labute approximate surface area is 108 Å². The third-order valence-corrected chi connectivity index (χ3v) is 2.25. The summed E-state index contributed by atoms with van der Waals surface area (Å²) in [7, 11) is 0. The van der Waals surface area contributed by atoms with Crippen molar-refractivity contribution >= 4 is 11.8 Å². The van der Waals surface area contributed by atoms with Crippen LogP contribution >= 0.6 is 0 Å². The number of hydrogen-bond donors (Lipinski definition) is 1. The number of carbonyl (C=O) groups is 1. The summed E-state index contributed by atoms with van der Waals surface area (Å²) in [5, 5.41) is 11.4. The molecule has 0 bridgehead atoms. The van der Waals surface area contributed by atoms with Crippen molar-refractivity contribution in [2.45, 2.75) is 39.2 Å². The molecule has 0 saturated heterocycles. The van der Waals surface area contributed by atoms with Crippen LogP contribution in [-0.4, -0.2) is 11.7 Å². The molecule has 1 amide bonds. The topological polar surface area (TPSA) is 62.1 Å². The van der Waals surface area contributed by atoms with Crippen LogP contribution in [0.5, 0.6) is 0 Å². The highest BCUT2D eigenvalue weighted by atomic mass is 16.6. The predicted octanol–water partition coefficient (Wildman–Crippen LogP) is 3.66. The van der Waals surface area contributed by atoms with Crippen LogP contribution < -0.4 is 5.32 Å². The Bertz CT molecular complexity index is 452. The molecule has 0 saturated carbocycles. The van der Waals surface area contributed by atoms with E-state index in [1.54, 1.807) is 12.1 Å². The Hall–Kier alpha value is -2.02. The van der Waals surface area contributed by atoms with E-state index in [1.807, 2.05) is 39.8 Å². The molecule has 4 nitrogen and oxygen atoms in total. The predicted molar refractivity (Wildman–Crippen MR) is 70.3 cm³/mol. The molecular formula is C14H18N2O2. The standard InChI is InChI=1S/C14H18N2O2/c1-10(9-15)11-5-7-12(8-6-11)16-13(17)18-14(2,3)4/h5-8,10H,1-4H3,(H,16,17)/t10-/m0/s1. The van der Waals surface area contributed by atoms with Crippen LogP contribution in [0.25, 0.3) is 0 Å². The van der Waals surface area contributed by atoms with Crippen LogP contribution in [0.4, 0.5) is 10.5 Å². The van der Waals surface area contributed by atoms with E-state index < -0.39 is 11.7 Å². The number of anilines is 1. The Balaban J connectivity index is 2.65. The van der Waals surface area contributed by atoms with Gasteiger partial charge in [-0.2, -0.15) is 5.26 Å². The van der Waals surface area contributed by atoms with Crippen molar-refractivity contribution in [2.75, 3.05) is 5.32 Å². The fourth-order valence-electron chi connectivity index (χ4n) is 1.35. The summed E-state index contributed by atoms with van der Waals surface area (Å²) in [5.74, 6) is -0.152. The average Bonchev–Trinajstić information content (AvgIpc) is 2.26. The van der Waals surface area contributed by atoms with Crippen molar-refractivity contribution in [3.63, 3.8) is 0 Å². The molecule has 0 aromatic heterocycles. The van der Waals surface area contributed by atoms with Gasteiger partial charge in [0.1, 0.15) is 5.60 Å². The summed E-state index contributed by atoms with van der Waals surface area (Å²) < 4.78 is 5.14. The van der Waals surface area contributed by atoms with E-state index in [4.69, 9.17) is 10.00 Å². The second-order valence-corrected chi connectivity index (χ2v) is 5.10. The van der Waals surface area contributed by atoms with E-state index in [9.17, 15) is 4.79 Å². The van der Waals surface area contributed by atoms with Gasteiger partial charge in [0.25, 0.3) is 0 Å². The number of amides is 1. The Morgan fingerprint density at radius 1 is 1.33 bits per heavy atom. The first kappa shape index (κ1) is 14.0. The quantitative estimate of drug-likeness (QED) is 0.866. The molecule has 96 valence electrons. The van der Waals surface area contributed by atoms with Crippen molar-refractivity contribution in [1.29, 1.82) is 5.26 Å². The largest absolute Gasteiger partial charge is 0.444 e. The first-order valence-corrected chi connectivity index (χ1v) is 5.81. The van der Waals surface area contributed by atoms with Crippen LogP contribution in [0.3, 0.4) is 0 Å². The number of nitrogens with zero attached hydrogens (tertiary/aromatic N) is 1. The summed E-state index contributed by atoms with van der Waals surface area (Å²) in [5.41, 5.74) is 1.06. The van der Waals surface area contributed by atoms with Gasteiger partial charge < -0.3 is 4.74 Å². The Morgan fingerprint density at radius 2 is 1.89 bits per heavy atom. The fraction of sp³-hybridized carbons (Fsp3) is 0.429. The third kappa shape index (κ3) is 4.46. The molecule has 1 atom stereocenters. The molecule has 0 aliphatic carbocycles. The van der Waals surface area contributed by atoms with Crippen molar-refractivity contribution in [1.82, 2.24) is 0 Å². The van der Waals surface area contributed by atoms with Crippen molar-refractivity contribution < 1.29 is 9.53 Å². The van der Waals surface area contributed by atoms with Gasteiger partial charge in [-0.25, -0.2) is 4.79 Å². The maximum absolute atomic E-state index is 11.5. The second-order valence-electron chi connectivity index (χ2n) is 5.10. The third-order valence-electron chi connectivity index (χ3n) is 2.25. The van der Waals surface area contributed by atoms with E-state index in [2.05, 4.69) is 11.4 Å². The molecule has 1 rings (SSSR count). The zero-order valence-electron chi connectivity index (χ0n) is 11.2. The summed E-state index contributed by atoms with van der Waals surface area (Å²) >= 11 is 0.